The van der Waals surface area contributed by atoms with Gasteiger partial charge in [-0.2, -0.15) is 4.98 Å². The maximum Gasteiger partial charge on any atom is 0.254 e. The molecule has 3 heterocycles. The molecular weight excluding hydrogens is 329 g/mol. The molecule has 1 amide bonds. The van der Waals surface area contributed by atoms with Crippen molar-refractivity contribution in [3.63, 3.8) is 0 Å². The van der Waals surface area contributed by atoms with E-state index in [1.54, 1.807) is 11.0 Å². The third kappa shape index (κ3) is 2.89. The van der Waals surface area contributed by atoms with Crippen molar-refractivity contribution in [3.05, 3.63) is 47.6 Å². The number of fused-ring (bicyclic) bond motifs is 1. The smallest absolute Gasteiger partial charge is 0.254 e. The topological polar surface area (TPSA) is 81.6 Å². The highest BCUT2D eigenvalue weighted by Crippen LogP contribution is 2.26. The highest BCUT2D eigenvalue weighted by atomic mass is 19.1. The minimum Gasteiger partial charge on any atom is -0.461 e. The van der Waals surface area contributed by atoms with E-state index in [-0.39, 0.29) is 24.2 Å². The van der Waals surface area contributed by atoms with Crippen molar-refractivity contribution in [2.75, 3.05) is 13.1 Å². The van der Waals surface area contributed by atoms with Crippen LogP contribution < -0.4 is 0 Å². The SMILES string of the molecule is CCc1noc(COC2CN(C(=O)c3ccc(F)c4occc34)C2)n1. The molecule has 0 N–H and O–H groups in total. The summed E-state index contributed by atoms with van der Waals surface area (Å²) < 4.78 is 29.5. The first kappa shape index (κ1) is 15.8. The molecule has 0 atom stereocenters. The van der Waals surface area contributed by atoms with Gasteiger partial charge in [0, 0.05) is 24.9 Å². The molecule has 1 fully saturated rings. The summed E-state index contributed by atoms with van der Waals surface area (Å²) in [6, 6.07) is 4.32. The standard InChI is InChI=1S/C17H16FN3O4/c1-2-14-19-15(25-20-14)9-24-10-7-21(8-10)17(22)12-3-4-13(18)16-11(12)5-6-23-16/h3-6,10H,2,7-9H2,1H3. The first-order valence-corrected chi connectivity index (χ1v) is 8.03. The zero-order chi connectivity index (χ0) is 17.4. The summed E-state index contributed by atoms with van der Waals surface area (Å²) in [6.45, 7) is 3.09. The number of halogens is 1. The summed E-state index contributed by atoms with van der Waals surface area (Å²) in [7, 11) is 0. The van der Waals surface area contributed by atoms with Gasteiger partial charge in [-0.3, -0.25) is 4.79 Å². The number of likely N-dealkylation sites (tertiary alicyclic amines) is 1. The summed E-state index contributed by atoms with van der Waals surface area (Å²) in [4.78, 5) is 18.4. The number of hydrogen-bond donors (Lipinski definition) is 0. The third-order valence-electron chi connectivity index (χ3n) is 4.20. The van der Waals surface area contributed by atoms with Crippen LogP contribution in [0.2, 0.25) is 0 Å². The fourth-order valence-corrected chi connectivity index (χ4v) is 2.78. The second-order valence-corrected chi connectivity index (χ2v) is 5.86. The summed E-state index contributed by atoms with van der Waals surface area (Å²) in [5.41, 5.74) is 0.524. The van der Waals surface area contributed by atoms with Crippen molar-refractivity contribution in [1.29, 1.82) is 0 Å². The number of benzene rings is 1. The van der Waals surface area contributed by atoms with Gasteiger partial charge in [0.1, 0.15) is 6.61 Å². The molecule has 0 saturated carbocycles. The zero-order valence-electron chi connectivity index (χ0n) is 13.6. The third-order valence-corrected chi connectivity index (χ3v) is 4.20. The number of ether oxygens (including phenoxy) is 1. The molecule has 3 aromatic rings. The van der Waals surface area contributed by atoms with Crippen LogP contribution >= 0.6 is 0 Å². The molecule has 1 aliphatic rings. The van der Waals surface area contributed by atoms with Gasteiger partial charge in [-0.15, -0.1) is 0 Å². The molecule has 0 bridgehead atoms. The lowest BCUT2D eigenvalue weighted by Crippen LogP contribution is -2.54. The Kier molecular flexibility index (Phi) is 3.96. The highest BCUT2D eigenvalue weighted by Gasteiger charge is 2.33. The first-order valence-electron chi connectivity index (χ1n) is 8.03. The largest absolute Gasteiger partial charge is 0.461 e. The average molecular weight is 345 g/mol. The van der Waals surface area contributed by atoms with Crippen LogP contribution in [0.4, 0.5) is 4.39 Å². The molecule has 1 aliphatic heterocycles. The fraction of sp³-hybridized carbons (Fsp3) is 0.353. The van der Waals surface area contributed by atoms with E-state index in [4.69, 9.17) is 13.7 Å². The van der Waals surface area contributed by atoms with Gasteiger partial charge in [0.15, 0.2) is 17.2 Å². The molecule has 1 saturated heterocycles. The lowest BCUT2D eigenvalue weighted by atomic mass is 10.1. The van der Waals surface area contributed by atoms with E-state index in [0.717, 1.165) is 0 Å². The van der Waals surface area contributed by atoms with Gasteiger partial charge in [0.2, 0.25) is 0 Å². The van der Waals surface area contributed by atoms with E-state index in [9.17, 15) is 9.18 Å². The number of rotatable bonds is 5. The van der Waals surface area contributed by atoms with Gasteiger partial charge in [-0.25, -0.2) is 4.39 Å². The van der Waals surface area contributed by atoms with E-state index in [2.05, 4.69) is 10.1 Å². The molecule has 130 valence electrons. The lowest BCUT2D eigenvalue weighted by Gasteiger charge is -2.38. The Hall–Kier alpha value is -2.74. The number of carbonyl (C=O) groups is 1. The van der Waals surface area contributed by atoms with Gasteiger partial charge < -0.3 is 18.6 Å². The van der Waals surface area contributed by atoms with Crippen molar-refractivity contribution >= 4 is 16.9 Å². The molecule has 1 aromatic carbocycles. The number of amides is 1. The van der Waals surface area contributed by atoms with Crippen LogP contribution in [0, 0.1) is 5.82 Å². The van der Waals surface area contributed by atoms with Crippen LogP contribution in [0.25, 0.3) is 11.0 Å². The number of furan rings is 1. The quantitative estimate of drug-likeness (QED) is 0.707. The average Bonchev–Trinajstić information content (AvgIpc) is 3.23. The summed E-state index contributed by atoms with van der Waals surface area (Å²) in [6.07, 6.45) is 2.00. The highest BCUT2D eigenvalue weighted by molar-refractivity contribution is 6.06. The van der Waals surface area contributed by atoms with Crippen LogP contribution in [-0.2, 0) is 17.8 Å². The minimum atomic E-state index is -0.479. The number of nitrogens with zero attached hydrogens (tertiary/aromatic N) is 3. The predicted molar refractivity (Wildman–Crippen MR) is 84.3 cm³/mol. The number of aromatic nitrogens is 2. The van der Waals surface area contributed by atoms with Crippen molar-refractivity contribution in [3.8, 4) is 0 Å². The lowest BCUT2D eigenvalue weighted by molar-refractivity contribution is -0.0568. The van der Waals surface area contributed by atoms with Gasteiger partial charge in [-0.05, 0) is 18.2 Å². The van der Waals surface area contributed by atoms with Gasteiger partial charge in [0.25, 0.3) is 11.8 Å². The maximum absolute atomic E-state index is 13.7. The predicted octanol–water partition coefficient (Wildman–Crippen LogP) is 2.56. The summed E-state index contributed by atoms with van der Waals surface area (Å²) in [5.74, 6) is 0.425. The van der Waals surface area contributed by atoms with E-state index in [1.807, 2.05) is 6.92 Å². The Bertz CT molecular complexity index is 914. The Morgan fingerprint density at radius 3 is 3.00 bits per heavy atom. The second-order valence-electron chi connectivity index (χ2n) is 5.86. The number of carbonyl (C=O) groups excluding carboxylic acids is 1. The maximum atomic E-state index is 13.7. The van der Waals surface area contributed by atoms with E-state index < -0.39 is 5.82 Å². The van der Waals surface area contributed by atoms with Gasteiger partial charge >= 0.3 is 0 Å². The molecule has 0 aliphatic carbocycles. The molecule has 0 radical (unpaired) electrons. The molecule has 25 heavy (non-hydrogen) atoms. The van der Waals surface area contributed by atoms with Gasteiger partial charge in [-0.1, -0.05) is 12.1 Å². The minimum absolute atomic E-state index is 0.0822. The fourth-order valence-electron chi connectivity index (χ4n) is 2.78. The van der Waals surface area contributed by atoms with Crippen LogP contribution in [0.1, 0.15) is 29.0 Å². The zero-order valence-corrected chi connectivity index (χ0v) is 13.6. The molecule has 2 aromatic heterocycles. The Morgan fingerprint density at radius 2 is 2.24 bits per heavy atom. The van der Waals surface area contributed by atoms with Crippen molar-refractivity contribution in [1.82, 2.24) is 15.0 Å². The van der Waals surface area contributed by atoms with E-state index >= 15 is 0 Å². The Labute approximate surface area is 142 Å². The number of aryl methyl sites for hydroxylation is 1. The monoisotopic (exact) mass is 345 g/mol. The second kappa shape index (κ2) is 6.29. The van der Waals surface area contributed by atoms with Crippen LogP contribution in [0.5, 0.6) is 0 Å². The molecular formula is C17H16FN3O4. The van der Waals surface area contributed by atoms with Crippen LogP contribution in [-0.4, -0.2) is 40.1 Å². The van der Waals surface area contributed by atoms with Crippen LogP contribution in [0.15, 0.2) is 33.4 Å². The van der Waals surface area contributed by atoms with Crippen molar-refractivity contribution in [2.24, 2.45) is 0 Å². The Morgan fingerprint density at radius 1 is 1.40 bits per heavy atom. The van der Waals surface area contributed by atoms with Crippen LogP contribution in [0.3, 0.4) is 0 Å². The molecule has 7 nitrogen and oxygen atoms in total. The normalized spacial score (nSPS) is 14.9. The van der Waals surface area contributed by atoms with Gasteiger partial charge in [0.05, 0.1) is 17.9 Å². The molecule has 0 spiro atoms. The van der Waals surface area contributed by atoms with Crippen molar-refractivity contribution in [2.45, 2.75) is 26.1 Å². The summed E-state index contributed by atoms with van der Waals surface area (Å²) >= 11 is 0. The number of hydrogen-bond acceptors (Lipinski definition) is 6. The van der Waals surface area contributed by atoms with E-state index in [0.29, 0.717) is 42.2 Å². The Balaban J connectivity index is 1.36. The molecule has 4 rings (SSSR count). The van der Waals surface area contributed by atoms with Crippen molar-refractivity contribution < 1.29 is 22.9 Å². The molecule has 8 heteroatoms. The molecule has 0 unspecified atom stereocenters. The first-order chi connectivity index (χ1) is 12.2. The van der Waals surface area contributed by atoms with E-state index in [1.165, 1.54) is 18.4 Å². The summed E-state index contributed by atoms with van der Waals surface area (Å²) in [5, 5.41) is 4.28.